The highest BCUT2D eigenvalue weighted by Crippen LogP contribution is 2.16. The molecule has 1 amide bonds. The zero-order valence-electron chi connectivity index (χ0n) is 13.1. The third-order valence-corrected chi connectivity index (χ3v) is 3.61. The summed E-state index contributed by atoms with van der Waals surface area (Å²) in [5.74, 6) is 1.12. The van der Waals surface area contributed by atoms with E-state index in [0.717, 1.165) is 37.3 Å². The number of hydrogen-bond donors (Lipinski definition) is 1. The lowest BCUT2D eigenvalue weighted by molar-refractivity contribution is -0.120. The van der Waals surface area contributed by atoms with Crippen LogP contribution in [0.1, 0.15) is 46.5 Å². The standard InChI is InChI=1S/C16H27N3O/c1-5-8-11-19(4)15-10-9-14(12-17-15)18-16(20)13(6-2)7-3/h9-10,12-13H,5-8,11H2,1-4H3,(H,18,20). The average Bonchev–Trinajstić information content (AvgIpc) is 2.46. The Labute approximate surface area is 122 Å². The van der Waals surface area contributed by atoms with Gasteiger partial charge in [0.1, 0.15) is 5.82 Å². The van der Waals surface area contributed by atoms with E-state index < -0.39 is 0 Å². The number of carbonyl (C=O) groups is 1. The number of pyridine rings is 1. The maximum Gasteiger partial charge on any atom is 0.227 e. The van der Waals surface area contributed by atoms with Crippen LogP contribution in [0.2, 0.25) is 0 Å². The minimum Gasteiger partial charge on any atom is -0.360 e. The summed E-state index contributed by atoms with van der Waals surface area (Å²) in [6.45, 7) is 7.26. The second kappa shape index (κ2) is 8.56. The summed E-state index contributed by atoms with van der Waals surface area (Å²) in [4.78, 5) is 18.5. The number of amides is 1. The van der Waals surface area contributed by atoms with E-state index in [9.17, 15) is 4.79 Å². The van der Waals surface area contributed by atoms with Gasteiger partial charge in [-0.1, -0.05) is 27.2 Å². The Kier molecular flexibility index (Phi) is 7.05. The van der Waals surface area contributed by atoms with Gasteiger partial charge < -0.3 is 10.2 Å². The molecule has 0 aliphatic heterocycles. The fourth-order valence-electron chi connectivity index (χ4n) is 2.10. The van der Waals surface area contributed by atoms with Gasteiger partial charge in [-0.2, -0.15) is 0 Å². The van der Waals surface area contributed by atoms with Gasteiger partial charge in [-0.15, -0.1) is 0 Å². The summed E-state index contributed by atoms with van der Waals surface area (Å²) in [6, 6.07) is 3.88. The second-order valence-corrected chi connectivity index (χ2v) is 5.18. The molecule has 1 aromatic rings. The van der Waals surface area contributed by atoms with Gasteiger partial charge in [0.2, 0.25) is 5.91 Å². The monoisotopic (exact) mass is 277 g/mol. The maximum atomic E-state index is 12.0. The Morgan fingerprint density at radius 1 is 1.30 bits per heavy atom. The van der Waals surface area contributed by atoms with Crippen molar-refractivity contribution in [1.82, 2.24) is 4.98 Å². The quantitative estimate of drug-likeness (QED) is 0.788. The van der Waals surface area contributed by atoms with Crippen LogP contribution < -0.4 is 10.2 Å². The molecule has 1 aromatic heterocycles. The molecule has 0 aliphatic rings. The van der Waals surface area contributed by atoms with Gasteiger partial charge in [0, 0.05) is 19.5 Å². The zero-order valence-corrected chi connectivity index (χ0v) is 13.1. The molecule has 112 valence electrons. The molecule has 4 nitrogen and oxygen atoms in total. The van der Waals surface area contributed by atoms with Crippen LogP contribution in [0.4, 0.5) is 11.5 Å². The Morgan fingerprint density at radius 2 is 2.00 bits per heavy atom. The normalized spacial score (nSPS) is 10.7. The van der Waals surface area contributed by atoms with E-state index in [2.05, 4.69) is 22.1 Å². The third kappa shape index (κ3) is 4.83. The minimum atomic E-state index is 0.0851. The van der Waals surface area contributed by atoms with E-state index in [4.69, 9.17) is 0 Å². The first kappa shape index (κ1) is 16.5. The number of nitrogens with one attached hydrogen (secondary N) is 1. The van der Waals surface area contributed by atoms with Crippen LogP contribution in [0.5, 0.6) is 0 Å². The van der Waals surface area contributed by atoms with Crippen LogP contribution in [-0.4, -0.2) is 24.5 Å². The molecular formula is C16H27N3O. The van der Waals surface area contributed by atoms with Gasteiger partial charge in [0.25, 0.3) is 0 Å². The summed E-state index contributed by atoms with van der Waals surface area (Å²) >= 11 is 0. The summed E-state index contributed by atoms with van der Waals surface area (Å²) in [5.41, 5.74) is 0.773. The van der Waals surface area contributed by atoms with E-state index in [-0.39, 0.29) is 11.8 Å². The van der Waals surface area contributed by atoms with Gasteiger partial charge in [0.15, 0.2) is 0 Å². The SMILES string of the molecule is CCCCN(C)c1ccc(NC(=O)C(CC)CC)cn1. The smallest absolute Gasteiger partial charge is 0.227 e. The number of carbonyl (C=O) groups excluding carboxylic acids is 1. The van der Waals surface area contributed by atoms with E-state index in [1.165, 1.54) is 6.42 Å². The number of unbranched alkanes of at least 4 members (excludes halogenated alkanes) is 1. The molecule has 1 heterocycles. The van der Waals surface area contributed by atoms with E-state index in [1.807, 2.05) is 33.0 Å². The molecule has 0 bridgehead atoms. The Balaban J connectivity index is 2.60. The Bertz CT molecular complexity index is 399. The third-order valence-electron chi connectivity index (χ3n) is 3.61. The van der Waals surface area contributed by atoms with Crippen LogP contribution in [0.15, 0.2) is 18.3 Å². The van der Waals surface area contributed by atoms with E-state index in [0.29, 0.717) is 0 Å². The van der Waals surface area contributed by atoms with Gasteiger partial charge >= 0.3 is 0 Å². The topological polar surface area (TPSA) is 45.2 Å². The number of aromatic nitrogens is 1. The molecule has 4 heteroatoms. The molecule has 1 rings (SSSR count). The second-order valence-electron chi connectivity index (χ2n) is 5.18. The highest BCUT2D eigenvalue weighted by atomic mass is 16.1. The van der Waals surface area contributed by atoms with Crippen molar-refractivity contribution in [2.24, 2.45) is 5.92 Å². The van der Waals surface area contributed by atoms with Crippen LogP contribution >= 0.6 is 0 Å². The molecule has 1 N–H and O–H groups in total. The molecule has 0 fully saturated rings. The van der Waals surface area contributed by atoms with Crippen LogP contribution in [0.25, 0.3) is 0 Å². The lowest BCUT2D eigenvalue weighted by Gasteiger charge is -2.18. The van der Waals surface area contributed by atoms with Crippen LogP contribution in [0, 0.1) is 5.92 Å². The van der Waals surface area contributed by atoms with Crippen molar-refractivity contribution in [3.8, 4) is 0 Å². The van der Waals surface area contributed by atoms with Crippen LogP contribution in [0.3, 0.4) is 0 Å². The number of rotatable bonds is 8. The minimum absolute atomic E-state index is 0.0851. The lowest BCUT2D eigenvalue weighted by atomic mass is 10.0. The Morgan fingerprint density at radius 3 is 2.50 bits per heavy atom. The van der Waals surface area contributed by atoms with Crippen molar-refractivity contribution in [3.05, 3.63) is 18.3 Å². The van der Waals surface area contributed by atoms with Crippen molar-refractivity contribution in [2.75, 3.05) is 23.8 Å². The first-order valence-electron chi connectivity index (χ1n) is 7.60. The van der Waals surface area contributed by atoms with Crippen molar-refractivity contribution in [3.63, 3.8) is 0 Å². The van der Waals surface area contributed by atoms with Crippen molar-refractivity contribution >= 4 is 17.4 Å². The molecule has 0 spiro atoms. The van der Waals surface area contributed by atoms with Gasteiger partial charge in [-0.3, -0.25) is 4.79 Å². The Hall–Kier alpha value is -1.58. The summed E-state index contributed by atoms with van der Waals surface area (Å²) in [6.07, 6.45) is 5.80. The lowest BCUT2D eigenvalue weighted by Crippen LogP contribution is -2.22. The van der Waals surface area contributed by atoms with Crippen molar-refractivity contribution in [2.45, 2.75) is 46.5 Å². The number of anilines is 2. The van der Waals surface area contributed by atoms with Crippen molar-refractivity contribution < 1.29 is 4.79 Å². The maximum absolute atomic E-state index is 12.0. The fraction of sp³-hybridized carbons (Fsp3) is 0.625. The van der Waals surface area contributed by atoms with Gasteiger partial charge in [-0.05, 0) is 31.4 Å². The molecule has 0 radical (unpaired) electrons. The molecular weight excluding hydrogens is 250 g/mol. The molecule has 20 heavy (non-hydrogen) atoms. The number of hydrogen-bond acceptors (Lipinski definition) is 3. The predicted octanol–water partition coefficient (Wildman–Crippen LogP) is 3.69. The van der Waals surface area contributed by atoms with Crippen LogP contribution in [-0.2, 0) is 4.79 Å². The summed E-state index contributed by atoms with van der Waals surface area (Å²) < 4.78 is 0. The highest BCUT2D eigenvalue weighted by Gasteiger charge is 2.14. The fourth-order valence-corrected chi connectivity index (χ4v) is 2.10. The van der Waals surface area contributed by atoms with Crippen molar-refractivity contribution in [1.29, 1.82) is 0 Å². The van der Waals surface area contributed by atoms with Gasteiger partial charge in [0.05, 0.1) is 11.9 Å². The molecule has 0 atom stereocenters. The summed E-state index contributed by atoms with van der Waals surface area (Å²) in [5, 5.41) is 2.93. The predicted molar refractivity (Wildman–Crippen MR) is 85.1 cm³/mol. The molecule has 0 saturated heterocycles. The first-order chi connectivity index (χ1) is 9.62. The zero-order chi connectivity index (χ0) is 15.0. The highest BCUT2D eigenvalue weighted by molar-refractivity contribution is 5.92. The largest absolute Gasteiger partial charge is 0.360 e. The molecule has 0 unspecified atom stereocenters. The molecule has 0 saturated carbocycles. The first-order valence-corrected chi connectivity index (χ1v) is 7.60. The molecule has 0 aromatic carbocycles. The molecule has 0 aliphatic carbocycles. The van der Waals surface area contributed by atoms with E-state index >= 15 is 0 Å². The van der Waals surface area contributed by atoms with Gasteiger partial charge in [-0.25, -0.2) is 4.98 Å². The average molecular weight is 277 g/mol. The number of nitrogens with zero attached hydrogens (tertiary/aromatic N) is 2. The summed E-state index contributed by atoms with van der Waals surface area (Å²) in [7, 11) is 2.04. The van der Waals surface area contributed by atoms with E-state index in [1.54, 1.807) is 6.20 Å².